The zero-order valence-electron chi connectivity index (χ0n) is 16.1. The van der Waals surface area contributed by atoms with Gasteiger partial charge in [0.15, 0.2) is 5.13 Å². The van der Waals surface area contributed by atoms with E-state index in [1.165, 1.54) is 34.5 Å². The molecule has 1 aliphatic rings. The molecule has 30 heavy (non-hydrogen) atoms. The highest BCUT2D eigenvalue weighted by atomic mass is 32.1. The van der Waals surface area contributed by atoms with Crippen LogP contribution >= 0.6 is 22.7 Å². The van der Waals surface area contributed by atoms with Gasteiger partial charge in [0.1, 0.15) is 6.54 Å². The topological polar surface area (TPSA) is 91.4 Å². The molecule has 0 saturated carbocycles. The molecule has 0 radical (unpaired) electrons. The third kappa shape index (κ3) is 4.03. The van der Waals surface area contributed by atoms with Crippen LogP contribution in [0.5, 0.6) is 0 Å². The third-order valence-corrected chi connectivity index (χ3v) is 6.38. The first-order valence-corrected chi connectivity index (χ1v) is 10.8. The molecule has 0 aliphatic carbocycles. The van der Waals surface area contributed by atoms with Crippen molar-refractivity contribution < 1.29 is 14.4 Å². The molecular weight excluding hydrogens is 420 g/mol. The number of rotatable bonds is 6. The number of thiophene rings is 1. The minimum absolute atomic E-state index is 0.0779. The molecule has 3 heterocycles. The largest absolute Gasteiger partial charge is 0.351 e. The number of hydrogen-bond donors (Lipinski definition) is 2. The molecule has 2 N–H and O–H groups in total. The molecule has 0 bridgehead atoms. The van der Waals surface area contributed by atoms with Crippen LogP contribution in [-0.4, -0.2) is 34.2 Å². The number of nitrogens with zero attached hydrogens (tertiary/aromatic N) is 2. The Kier molecular flexibility index (Phi) is 5.47. The second-order valence-electron chi connectivity index (χ2n) is 6.65. The maximum absolute atomic E-state index is 12.5. The highest BCUT2D eigenvalue weighted by Crippen LogP contribution is 2.32. The van der Waals surface area contributed by atoms with Gasteiger partial charge < -0.3 is 10.6 Å². The average molecular weight is 439 g/mol. The fourth-order valence-corrected chi connectivity index (χ4v) is 4.78. The van der Waals surface area contributed by atoms with Gasteiger partial charge in [-0.2, -0.15) is 0 Å². The van der Waals surface area contributed by atoms with Crippen molar-refractivity contribution in [3.63, 3.8) is 0 Å². The summed E-state index contributed by atoms with van der Waals surface area (Å²) in [6.07, 6.45) is 0. The molecule has 0 saturated heterocycles. The van der Waals surface area contributed by atoms with E-state index in [1.807, 2.05) is 29.6 Å². The first-order chi connectivity index (χ1) is 14.4. The normalized spacial score (nSPS) is 12.8. The SMILES string of the molecule is C=C1c2ccccc2C(=O)N1CC(=O)Nc1nc(-c2ccc(CNC(C)=O)s2)cs1. The number of benzene rings is 1. The fraction of sp³-hybridized carbons (Fsp3) is 0.143. The van der Waals surface area contributed by atoms with E-state index >= 15 is 0 Å². The van der Waals surface area contributed by atoms with Gasteiger partial charge in [-0.1, -0.05) is 24.8 Å². The zero-order chi connectivity index (χ0) is 21.3. The maximum Gasteiger partial charge on any atom is 0.259 e. The first kappa shape index (κ1) is 20.0. The molecule has 9 heteroatoms. The summed E-state index contributed by atoms with van der Waals surface area (Å²) in [4.78, 5) is 43.9. The molecule has 2 aromatic heterocycles. The average Bonchev–Trinajstić information content (AvgIpc) is 3.43. The lowest BCUT2D eigenvalue weighted by molar-refractivity contribution is -0.119. The summed E-state index contributed by atoms with van der Waals surface area (Å²) >= 11 is 2.85. The fourth-order valence-electron chi connectivity index (χ4n) is 3.07. The van der Waals surface area contributed by atoms with E-state index in [-0.39, 0.29) is 24.3 Å². The molecule has 3 amide bonds. The molecule has 4 rings (SSSR count). The lowest BCUT2D eigenvalue weighted by atomic mass is 10.1. The monoisotopic (exact) mass is 438 g/mol. The number of hydrogen-bond acceptors (Lipinski definition) is 6. The Hall–Kier alpha value is -3.30. The van der Waals surface area contributed by atoms with Crippen molar-refractivity contribution in [3.05, 3.63) is 64.4 Å². The lowest BCUT2D eigenvalue weighted by Crippen LogP contribution is -2.32. The van der Waals surface area contributed by atoms with E-state index < -0.39 is 0 Å². The Morgan fingerprint density at radius 2 is 1.93 bits per heavy atom. The molecule has 0 atom stereocenters. The van der Waals surface area contributed by atoms with Crippen molar-refractivity contribution in [2.24, 2.45) is 0 Å². The summed E-state index contributed by atoms with van der Waals surface area (Å²) in [6, 6.07) is 11.1. The molecule has 152 valence electrons. The number of nitrogens with one attached hydrogen (secondary N) is 2. The summed E-state index contributed by atoms with van der Waals surface area (Å²) in [5, 5.41) is 7.84. The van der Waals surface area contributed by atoms with Crippen molar-refractivity contribution in [1.29, 1.82) is 0 Å². The van der Waals surface area contributed by atoms with Crippen LogP contribution in [-0.2, 0) is 16.1 Å². The summed E-state index contributed by atoms with van der Waals surface area (Å²) in [7, 11) is 0. The molecule has 7 nitrogen and oxygen atoms in total. The quantitative estimate of drug-likeness (QED) is 0.616. The van der Waals surface area contributed by atoms with Gasteiger partial charge in [-0.15, -0.1) is 22.7 Å². The van der Waals surface area contributed by atoms with Crippen LogP contribution in [0.1, 0.15) is 27.7 Å². The van der Waals surface area contributed by atoms with E-state index in [1.54, 1.807) is 12.1 Å². The van der Waals surface area contributed by atoms with Crippen molar-refractivity contribution in [3.8, 4) is 10.6 Å². The Morgan fingerprint density at radius 3 is 2.67 bits per heavy atom. The molecule has 0 fully saturated rings. The minimum Gasteiger partial charge on any atom is -0.351 e. The van der Waals surface area contributed by atoms with Crippen molar-refractivity contribution >= 4 is 51.2 Å². The number of aromatic nitrogens is 1. The molecule has 1 aliphatic heterocycles. The van der Waals surface area contributed by atoms with E-state index in [2.05, 4.69) is 22.2 Å². The number of fused-ring (bicyclic) bond motifs is 1. The molecule has 0 unspecified atom stereocenters. The standard InChI is InChI=1S/C21H18N4O3S2/c1-12-15-5-3-4-6-16(15)20(28)25(12)10-19(27)24-21-23-17(11-29-21)18-8-7-14(30-18)9-22-13(2)26/h3-8,11H,1,9-10H2,2H3,(H,22,26)(H,23,24,27). The van der Waals surface area contributed by atoms with Crippen LogP contribution in [0.2, 0.25) is 0 Å². The number of carbonyl (C=O) groups excluding carboxylic acids is 3. The zero-order valence-corrected chi connectivity index (χ0v) is 17.7. The predicted molar refractivity (Wildman–Crippen MR) is 118 cm³/mol. The van der Waals surface area contributed by atoms with Crippen LogP contribution in [0.15, 0.2) is 48.4 Å². The Bertz CT molecular complexity index is 1130. The highest BCUT2D eigenvalue weighted by Gasteiger charge is 2.32. The van der Waals surface area contributed by atoms with Crippen molar-refractivity contribution in [1.82, 2.24) is 15.2 Å². The first-order valence-electron chi connectivity index (χ1n) is 9.11. The van der Waals surface area contributed by atoms with E-state index in [4.69, 9.17) is 0 Å². The smallest absolute Gasteiger partial charge is 0.259 e. The van der Waals surface area contributed by atoms with Crippen molar-refractivity contribution in [2.45, 2.75) is 13.5 Å². The van der Waals surface area contributed by atoms with Gasteiger partial charge in [0, 0.05) is 34.0 Å². The van der Waals surface area contributed by atoms with E-state index in [0.29, 0.717) is 22.9 Å². The van der Waals surface area contributed by atoms with Gasteiger partial charge in [0.2, 0.25) is 11.8 Å². The predicted octanol–water partition coefficient (Wildman–Crippen LogP) is 3.57. The highest BCUT2D eigenvalue weighted by molar-refractivity contribution is 7.17. The summed E-state index contributed by atoms with van der Waals surface area (Å²) in [6.45, 7) is 5.78. The van der Waals surface area contributed by atoms with Crippen LogP contribution < -0.4 is 10.6 Å². The van der Waals surface area contributed by atoms with Gasteiger partial charge in [0.25, 0.3) is 5.91 Å². The Morgan fingerprint density at radius 1 is 1.17 bits per heavy atom. The van der Waals surface area contributed by atoms with Gasteiger partial charge in [-0.25, -0.2) is 4.98 Å². The van der Waals surface area contributed by atoms with Crippen LogP contribution in [0.4, 0.5) is 5.13 Å². The van der Waals surface area contributed by atoms with Crippen LogP contribution in [0, 0.1) is 0 Å². The van der Waals surface area contributed by atoms with Gasteiger partial charge in [-0.3, -0.25) is 19.3 Å². The van der Waals surface area contributed by atoms with Gasteiger partial charge in [0.05, 0.1) is 17.1 Å². The maximum atomic E-state index is 12.5. The second kappa shape index (κ2) is 8.21. The van der Waals surface area contributed by atoms with E-state index in [9.17, 15) is 14.4 Å². The lowest BCUT2D eigenvalue weighted by Gasteiger charge is -2.16. The molecule has 3 aromatic rings. The Balaban J connectivity index is 1.39. The third-order valence-electron chi connectivity index (χ3n) is 4.52. The van der Waals surface area contributed by atoms with Gasteiger partial charge in [-0.05, 0) is 18.2 Å². The molecule has 0 spiro atoms. The second-order valence-corrected chi connectivity index (χ2v) is 8.67. The van der Waals surface area contributed by atoms with Crippen LogP contribution in [0.3, 0.4) is 0 Å². The summed E-state index contributed by atoms with van der Waals surface area (Å²) in [5.41, 5.74) is 2.58. The summed E-state index contributed by atoms with van der Waals surface area (Å²) in [5.74, 6) is -0.641. The molecule has 1 aromatic carbocycles. The minimum atomic E-state index is -0.337. The van der Waals surface area contributed by atoms with E-state index in [0.717, 1.165) is 21.0 Å². The Labute approximate surface area is 181 Å². The summed E-state index contributed by atoms with van der Waals surface area (Å²) < 4.78 is 0. The number of carbonyl (C=O) groups is 3. The van der Waals surface area contributed by atoms with Gasteiger partial charge >= 0.3 is 0 Å². The number of anilines is 1. The number of thiazole rings is 1. The molecular formula is C21H18N4O3S2. The number of amides is 3. The van der Waals surface area contributed by atoms with Crippen LogP contribution in [0.25, 0.3) is 16.3 Å². The van der Waals surface area contributed by atoms with Crippen molar-refractivity contribution in [2.75, 3.05) is 11.9 Å².